The number of hydrogen-bond donors (Lipinski definition) is 1. The standard InChI is InChI=1S/C11H16N4O/c1-3-7-15(4-2)9-6-5-8(12)10-11(9)14-16-13-10/h5-6H,3-4,7,12H2,1-2H3. The SMILES string of the molecule is CCCN(CC)c1ccc(N)c2nonc12. The van der Waals surface area contributed by atoms with Crippen LogP contribution < -0.4 is 10.6 Å². The van der Waals surface area contributed by atoms with Crippen LogP contribution >= 0.6 is 0 Å². The topological polar surface area (TPSA) is 68.2 Å². The van der Waals surface area contributed by atoms with Gasteiger partial charge in [-0.2, -0.15) is 0 Å². The van der Waals surface area contributed by atoms with E-state index >= 15 is 0 Å². The molecule has 0 amide bonds. The molecule has 0 aliphatic heterocycles. The highest BCUT2D eigenvalue weighted by Gasteiger charge is 2.13. The summed E-state index contributed by atoms with van der Waals surface area (Å²) in [5.74, 6) is 0. The van der Waals surface area contributed by atoms with Crippen molar-refractivity contribution in [2.45, 2.75) is 20.3 Å². The number of nitrogens with zero attached hydrogens (tertiary/aromatic N) is 3. The Morgan fingerprint density at radius 2 is 2.00 bits per heavy atom. The number of hydrogen-bond acceptors (Lipinski definition) is 5. The number of benzene rings is 1. The molecule has 2 rings (SSSR count). The summed E-state index contributed by atoms with van der Waals surface area (Å²) in [6.45, 7) is 6.19. The first kappa shape index (κ1) is 10.7. The Kier molecular flexibility index (Phi) is 2.94. The summed E-state index contributed by atoms with van der Waals surface area (Å²) in [6, 6.07) is 3.82. The lowest BCUT2D eigenvalue weighted by molar-refractivity contribution is 0.315. The fourth-order valence-corrected chi connectivity index (χ4v) is 1.85. The minimum atomic E-state index is 0.604. The molecular formula is C11H16N4O. The highest BCUT2D eigenvalue weighted by atomic mass is 16.6. The van der Waals surface area contributed by atoms with E-state index in [0.717, 1.165) is 30.7 Å². The van der Waals surface area contributed by atoms with E-state index in [-0.39, 0.29) is 0 Å². The minimum Gasteiger partial charge on any atom is -0.397 e. The van der Waals surface area contributed by atoms with Crippen molar-refractivity contribution in [2.75, 3.05) is 23.7 Å². The molecule has 2 aromatic rings. The Bertz CT molecular complexity index is 480. The van der Waals surface area contributed by atoms with Crippen molar-refractivity contribution < 1.29 is 4.63 Å². The van der Waals surface area contributed by atoms with Crippen molar-refractivity contribution in [3.8, 4) is 0 Å². The van der Waals surface area contributed by atoms with Crippen LogP contribution in [0.15, 0.2) is 16.8 Å². The fraction of sp³-hybridized carbons (Fsp3) is 0.455. The molecule has 1 aromatic heterocycles. The van der Waals surface area contributed by atoms with Gasteiger partial charge in [0.15, 0.2) is 11.0 Å². The summed E-state index contributed by atoms with van der Waals surface area (Å²) in [4.78, 5) is 2.24. The van der Waals surface area contributed by atoms with Gasteiger partial charge in [0.25, 0.3) is 0 Å². The molecule has 0 unspecified atom stereocenters. The number of rotatable bonds is 4. The van der Waals surface area contributed by atoms with Crippen molar-refractivity contribution in [1.82, 2.24) is 10.3 Å². The van der Waals surface area contributed by atoms with Crippen LogP contribution in [0.5, 0.6) is 0 Å². The molecule has 0 atom stereocenters. The van der Waals surface area contributed by atoms with Gasteiger partial charge < -0.3 is 10.6 Å². The molecule has 0 saturated carbocycles. The van der Waals surface area contributed by atoms with Gasteiger partial charge in [0, 0.05) is 13.1 Å². The van der Waals surface area contributed by atoms with E-state index in [1.165, 1.54) is 0 Å². The van der Waals surface area contributed by atoms with Crippen LogP contribution in [-0.4, -0.2) is 23.4 Å². The summed E-state index contributed by atoms with van der Waals surface area (Å²) in [5.41, 5.74) is 8.84. The van der Waals surface area contributed by atoms with Crippen molar-refractivity contribution in [3.05, 3.63) is 12.1 Å². The summed E-state index contributed by atoms with van der Waals surface area (Å²) < 4.78 is 4.75. The molecular weight excluding hydrogens is 204 g/mol. The van der Waals surface area contributed by atoms with Crippen LogP contribution in [0.1, 0.15) is 20.3 Å². The second kappa shape index (κ2) is 4.38. The molecule has 0 saturated heterocycles. The van der Waals surface area contributed by atoms with Gasteiger partial charge in [-0.05, 0) is 35.8 Å². The normalized spacial score (nSPS) is 10.9. The first-order valence-corrected chi connectivity index (χ1v) is 5.53. The Labute approximate surface area is 94.2 Å². The van der Waals surface area contributed by atoms with Crippen molar-refractivity contribution in [2.24, 2.45) is 0 Å². The van der Waals surface area contributed by atoms with Gasteiger partial charge in [-0.15, -0.1) is 0 Å². The van der Waals surface area contributed by atoms with E-state index in [1.807, 2.05) is 12.1 Å². The number of aromatic nitrogens is 2. The molecule has 5 nitrogen and oxygen atoms in total. The maximum Gasteiger partial charge on any atom is 0.160 e. The lowest BCUT2D eigenvalue weighted by Gasteiger charge is -2.22. The maximum atomic E-state index is 5.80. The third-order valence-corrected chi connectivity index (χ3v) is 2.64. The molecule has 0 aliphatic carbocycles. The van der Waals surface area contributed by atoms with E-state index in [1.54, 1.807) is 0 Å². The van der Waals surface area contributed by atoms with Gasteiger partial charge in [-0.1, -0.05) is 6.92 Å². The van der Waals surface area contributed by atoms with Crippen LogP contribution in [-0.2, 0) is 0 Å². The van der Waals surface area contributed by atoms with E-state index in [4.69, 9.17) is 10.4 Å². The molecule has 16 heavy (non-hydrogen) atoms. The second-order valence-corrected chi connectivity index (χ2v) is 3.72. The van der Waals surface area contributed by atoms with Gasteiger partial charge >= 0.3 is 0 Å². The molecule has 0 spiro atoms. The zero-order valence-electron chi connectivity index (χ0n) is 9.60. The zero-order chi connectivity index (χ0) is 11.5. The lowest BCUT2D eigenvalue weighted by atomic mass is 10.2. The average Bonchev–Trinajstić information content (AvgIpc) is 2.77. The Balaban J connectivity index is 2.51. The number of nitrogens with two attached hydrogens (primary N) is 1. The van der Waals surface area contributed by atoms with E-state index in [2.05, 4.69) is 29.1 Å². The van der Waals surface area contributed by atoms with Crippen LogP contribution in [0, 0.1) is 0 Å². The summed E-state index contributed by atoms with van der Waals surface area (Å²) in [5, 5.41) is 7.74. The lowest BCUT2D eigenvalue weighted by Crippen LogP contribution is -2.23. The summed E-state index contributed by atoms with van der Waals surface area (Å²) in [7, 11) is 0. The van der Waals surface area contributed by atoms with Gasteiger partial charge in [0.2, 0.25) is 0 Å². The molecule has 0 bridgehead atoms. The summed E-state index contributed by atoms with van der Waals surface area (Å²) in [6.07, 6.45) is 1.09. The highest BCUT2D eigenvalue weighted by Crippen LogP contribution is 2.28. The van der Waals surface area contributed by atoms with Crippen molar-refractivity contribution in [1.29, 1.82) is 0 Å². The molecule has 0 fully saturated rings. The van der Waals surface area contributed by atoms with Crippen LogP contribution in [0.2, 0.25) is 0 Å². The minimum absolute atomic E-state index is 0.604. The molecule has 1 heterocycles. The Morgan fingerprint density at radius 3 is 2.69 bits per heavy atom. The fourth-order valence-electron chi connectivity index (χ4n) is 1.85. The average molecular weight is 220 g/mol. The molecule has 2 N–H and O–H groups in total. The van der Waals surface area contributed by atoms with E-state index < -0.39 is 0 Å². The number of anilines is 2. The second-order valence-electron chi connectivity index (χ2n) is 3.72. The monoisotopic (exact) mass is 220 g/mol. The Morgan fingerprint density at radius 1 is 1.25 bits per heavy atom. The van der Waals surface area contributed by atoms with Gasteiger partial charge in [0.1, 0.15) is 0 Å². The van der Waals surface area contributed by atoms with E-state index in [0.29, 0.717) is 11.2 Å². The molecule has 86 valence electrons. The quantitative estimate of drug-likeness (QED) is 0.798. The maximum absolute atomic E-state index is 5.80. The third-order valence-electron chi connectivity index (χ3n) is 2.64. The smallest absolute Gasteiger partial charge is 0.160 e. The number of fused-ring (bicyclic) bond motifs is 1. The molecule has 0 radical (unpaired) electrons. The first-order chi connectivity index (χ1) is 7.77. The van der Waals surface area contributed by atoms with Gasteiger partial charge in [0.05, 0.1) is 11.4 Å². The van der Waals surface area contributed by atoms with Crippen molar-refractivity contribution in [3.63, 3.8) is 0 Å². The van der Waals surface area contributed by atoms with Crippen LogP contribution in [0.3, 0.4) is 0 Å². The Hall–Kier alpha value is -1.78. The predicted octanol–water partition coefficient (Wildman–Crippen LogP) is 2.04. The largest absolute Gasteiger partial charge is 0.397 e. The third kappa shape index (κ3) is 1.68. The van der Waals surface area contributed by atoms with Crippen molar-refractivity contribution >= 4 is 22.4 Å². The molecule has 5 heteroatoms. The van der Waals surface area contributed by atoms with Gasteiger partial charge in [-0.3, -0.25) is 0 Å². The highest BCUT2D eigenvalue weighted by molar-refractivity contribution is 5.95. The zero-order valence-corrected chi connectivity index (χ0v) is 9.60. The predicted molar refractivity (Wildman–Crippen MR) is 64.4 cm³/mol. The molecule has 1 aromatic carbocycles. The first-order valence-electron chi connectivity index (χ1n) is 5.53. The van der Waals surface area contributed by atoms with Crippen LogP contribution in [0.25, 0.3) is 11.0 Å². The summed E-state index contributed by atoms with van der Waals surface area (Å²) >= 11 is 0. The van der Waals surface area contributed by atoms with Crippen LogP contribution in [0.4, 0.5) is 11.4 Å². The van der Waals surface area contributed by atoms with Gasteiger partial charge in [-0.25, -0.2) is 4.63 Å². The van der Waals surface area contributed by atoms with E-state index in [9.17, 15) is 0 Å². The number of nitrogen functional groups attached to an aromatic ring is 1. The molecule has 0 aliphatic rings.